The van der Waals surface area contributed by atoms with Crippen LogP contribution >= 0.6 is 0 Å². The van der Waals surface area contributed by atoms with Gasteiger partial charge in [0, 0.05) is 11.1 Å². The average Bonchev–Trinajstić information content (AvgIpc) is 2.85. The summed E-state index contributed by atoms with van der Waals surface area (Å²) in [7, 11) is 0. The maximum absolute atomic E-state index is 11.9. The molecule has 5 heteroatoms. The van der Waals surface area contributed by atoms with E-state index in [2.05, 4.69) is 24.8 Å². The first kappa shape index (κ1) is 26.6. The van der Waals surface area contributed by atoms with Crippen LogP contribution in [0, 0.1) is 0 Å². The fourth-order valence-electron chi connectivity index (χ4n) is 3.44. The predicted molar refractivity (Wildman–Crippen MR) is 132 cm³/mol. The van der Waals surface area contributed by atoms with Crippen molar-refractivity contribution in [2.45, 2.75) is 70.8 Å². The summed E-state index contributed by atoms with van der Waals surface area (Å²) in [5.41, 5.74) is 2.71. The summed E-state index contributed by atoms with van der Waals surface area (Å²) in [6.45, 7) is 6.70. The molecule has 1 atom stereocenters. The van der Waals surface area contributed by atoms with Crippen molar-refractivity contribution >= 4 is 5.97 Å². The lowest BCUT2D eigenvalue weighted by Crippen LogP contribution is -2.10. The molecule has 0 heterocycles. The molecule has 1 N–H and O–H groups in total. The molecule has 2 aromatic carbocycles. The Morgan fingerprint density at radius 3 is 2.39 bits per heavy atom. The molecular formula is C28H38O5. The molecule has 0 bridgehead atoms. The first-order valence-corrected chi connectivity index (χ1v) is 12.1. The fourth-order valence-corrected chi connectivity index (χ4v) is 3.44. The molecule has 0 spiro atoms. The fraction of sp³-hybridized carbons (Fsp3) is 0.464. The van der Waals surface area contributed by atoms with Gasteiger partial charge in [-0.05, 0) is 50.2 Å². The Kier molecular flexibility index (Phi) is 13.0. The Bertz CT molecular complexity index is 818. The van der Waals surface area contributed by atoms with Crippen molar-refractivity contribution in [1.29, 1.82) is 0 Å². The number of carbonyl (C=O) groups excluding carboxylic acids is 1. The maximum Gasteiger partial charge on any atom is 0.368 e. The largest absolute Gasteiger partial charge is 0.493 e. The molecule has 33 heavy (non-hydrogen) atoms. The Balaban J connectivity index is 1.51. The van der Waals surface area contributed by atoms with Gasteiger partial charge in [-0.1, -0.05) is 81.3 Å². The van der Waals surface area contributed by atoms with Crippen molar-refractivity contribution in [3.05, 3.63) is 66.7 Å². The van der Waals surface area contributed by atoms with Gasteiger partial charge < -0.3 is 9.84 Å². The molecular weight excluding hydrogens is 416 g/mol. The van der Waals surface area contributed by atoms with Crippen LogP contribution in [0.25, 0.3) is 11.1 Å². The van der Waals surface area contributed by atoms with Gasteiger partial charge in [0.25, 0.3) is 0 Å². The van der Waals surface area contributed by atoms with E-state index in [0.717, 1.165) is 49.0 Å². The predicted octanol–water partition coefficient (Wildman–Crippen LogP) is 6.66. The highest BCUT2D eigenvalue weighted by molar-refractivity contribution is 5.87. The lowest BCUT2D eigenvalue weighted by molar-refractivity contribution is -0.269. The molecule has 0 saturated heterocycles. The summed E-state index contributed by atoms with van der Waals surface area (Å²) in [5, 5.41) is 9.47. The third kappa shape index (κ3) is 10.7. The van der Waals surface area contributed by atoms with Crippen molar-refractivity contribution in [2.75, 3.05) is 13.2 Å². The van der Waals surface area contributed by atoms with Gasteiger partial charge in [-0.15, -0.1) is 0 Å². The third-order valence-corrected chi connectivity index (χ3v) is 5.51. The zero-order valence-corrected chi connectivity index (χ0v) is 19.8. The van der Waals surface area contributed by atoms with E-state index in [9.17, 15) is 9.90 Å². The minimum Gasteiger partial charge on any atom is -0.493 e. The lowest BCUT2D eigenvalue weighted by Gasteiger charge is -2.11. The van der Waals surface area contributed by atoms with Crippen LogP contribution in [0.5, 0.6) is 5.75 Å². The Morgan fingerprint density at radius 2 is 1.61 bits per heavy atom. The molecule has 0 aliphatic carbocycles. The van der Waals surface area contributed by atoms with Crippen LogP contribution in [-0.2, 0) is 14.6 Å². The normalized spacial score (nSPS) is 11.7. The molecule has 0 aromatic heterocycles. The van der Waals surface area contributed by atoms with Gasteiger partial charge in [-0.2, -0.15) is 4.89 Å². The van der Waals surface area contributed by atoms with E-state index in [1.165, 1.54) is 0 Å². The number of rotatable bonds is 17. The molecule has 0 fully saturated rings. The first-order chi connectivity index (χ1) is 16.1. The number of unbranched alkanes of at least 4 members (excludes halogenated alkanes) is 4. The van der Waals surface area contributed by atoms with E-state index < -0.39 is 5.97 Å². The van der Waals surface area contributed by atoms with Gasteiger partial charge in [-0.25, -0.2) is 4.79 Å². The highest BCUT2D eigenvalue weighted by Gasteiger charge is 2.10. The monoisotopic (exact) mass is 454 g/mol. The maximum atomic E-state index is 11.9. The van der Waals surface area contributed by atoms with Crippen LogP contribution < -0.4 is 4.74 Å². The third-order valence-electron chi connectivity index (χ3n) is 5.51. The number of aliphatic hydroxyl groups excluding tert-OH is 1. The molecule has 1 unspecified atom stereocenters. The Labute approximate surface area is 198 Å². The summed E-state index contributed by atoms with van der Waals surface area (Å²) in [6, 6.07) is 18.4. The van der Waals surface area contributed by atoms with Gasteiger partial charge in [-0.3, -0.25) is 4.89 Å². The summed E-state index contributed by atoms with van der Waals surface area (Å²) < 4.78 is 6.04. The number of ether oxygens (including phenoxy) is 1. The molecule has 2 aromatic rings. The lowest BCUT2D eigenvalue weighted by atomic mass is 10.0. The zero-order valence-electron chi connectivity index (χ0n) is 19.8. The van der Waals surface area contributed by atoms with Gasteiger partial charge in [0.15, 0.2) is 0 Å². The minimum atomic E-state index is -0.503. The standard InChI is InChI=1S/C28H38O5/c1-3-25(29)18-14-22-32-33-28(30)23(2)15-8-5-4-6-13-21-31-27-20-12-11-19-26(27)24-16-9-7-10-17-24/h7,9-12,16-17,19-20,25,29H,2-6,8,13-15,18,21-22H2,1H3. The van der Waals surface area contributed by atoms with E-state index >= 15 is 0 Å². The van der Waals surface area contributed by atoms with Crippen LogP contribution in [0.2, 0.25) is 0 Å². The van der Waals surface area contributed by atoms with Crippen molar-refractivity contribution in [2.24, 2.45) is 0 Å². The number of hydrogen-bond acceptors (Lipinski definition) is 5. The number of carbonyl (C=O) groups is 1. The smallest absolute Gasteiger partial charge is 0.368 e. The summed E-state index contributed by atoms with van der Waals surface area (Å²) in [5.74, 6) is 0.416. The quantitative estimate of drug-likeness (QED) is 0.125. The first-order valence-electron chi connectivity index (χ1n) is 12.1. The van der Waals surface area contributed by atoms with Crippen molar-refractivity contribution < 1.29 is 24.4 Å². The Hall–Kier alpha value is -2.63. The number of aliphatic hydroxyl groups is 1. The van der Waals surface area contributed by atoms with Crippen LogP contribution in [0.1, 0.15) is 64.7 Å². The summed E-state index contributed by atoms with van der Waals surface area (Å²) in [4.78, 5) is 21.6. The van der Waals surface area contributed by atoms with Crippen molar-refractivity contribution in [3.63, 3.8) is 0 Å². The van der Waals surface area contributed by atoms with Gasteiger partial charge in [0.2, 0.25) is 0 Å². The van der Waals surface area contributed by atoms with E-state index in [-0.39, 0.29) is 12.7 Å². The van der Waals surface area contributed by atoms with Crippen LogP contribution in [0.15, 0.2) is 66.7 Å². The molecule has 180 valence electrons. The molecule has 0 radical (unpaired) electrons. The second-order valence-electron chi connectivity index (χ2n) is 8.23. The molecule has 0 amide bonds. The minimum absolute atomic E-state index is 0.286. The van der Waals surface area contributed by atoms with E-state index in [4.69, 9.17) is 14.5 Å². The van der Waals surface area contributed by atoms with Crippen LogP contribution in [0.3, 0.4) is 0 Å². The van der Waals surface area contributed by atoms with E-state index in [0.29, 0.717) is 37.9 Å². The van der Waals surface area contributed by atoms with Gasteiger partial charge in [0.05, 0.1) is 19.3 Å². The van der Waals surface area contributed by atoms with Crippen LogP contribution in [-0.4, -0.2) is 30.4 Å². The van der Waals surface area contributed by atoms with Gasteiger partial charge in [0.1, 0.15) is 5.75 Å². The van der Waals surface area contributed by atoms with Crippen molar-refractivity contribution in [1.82, 2.24) is 0 Å². The molecule has 0 aliphatic heterocycles. The van der Waals surface area contributed by atoms with E-state index in [1.807, 2.05) is 43.3 Å². The Morgan fingerprint density at radius 1 is 0.909 bits per heavy atom. The number of para-hydroxylation sites is 1. The topological polar surface area (TPSA) is 65.0 Å². The molecule has 0 saturated carbocycles. The van der Waals surface area contributed by atoms with E-state index in [1.54, 1.807) is 0 Å². The number of benzene rings is 2. The molecule has 2 rings (SSSR count). The molecule has 5 nitrogen and oxygen atoms in total. The van der Waals surface area contributed by atoms with Gasteiger partial charge >= 0.3 is 5.97 Å². The average molecular weight is 455 g/mol. The zero-order chi connectivity index (χ0) is 23.7. The second kappa shape index (κ2) is 16.1. The summed E-state index contributed by atoms with van der Waals surface area (Å²) >= 11 is 0. The molecule has 0 aliphatic rings. The van der Waals surface area contributed by atoms with Crippen molar-refractivity contribution in [3.8, 4) is 16.9 Å². The highest BCUT2D eigenvalue weighted by atomic mass is 17.2. The van der Waals surface area contributed by atoms with Crippen LogP contribution in [0.4, 0.5) is 0 Å². The SMILES string of the molecule is C=C(CCCCCCCOc1ccccc1-c1ccccc1)C(=O)OOCCCC(O)CC. The number of hydrogen-bond donors (Lipinski definition) is 1. The summed E-state index contributed by atoms with van der Waals surface area (Å²) in [6.07, 6.45) is 7.37. The highest BCUT2D eigenvalue weighted by Crippen LogP contribution is 2.29. The second-order valence-corrected chi connectivity index (χ2v) is 8.23.